The van der Waals surface area contributed by atoms with Crippen LogP contribution in [0.5, 0.6) is 0 Å². The van der Waals surface area contributed by atoms with Crippen LogP contribution < -0.4 is 0 Å². The van der Waals surface area contributed by atoms with E-state index >= 15 is 0 Å². The quantitative estimate of drug-likeness (QED) is 0.304. The summed E-state index contributed by atoms with van der Waals surface area (Å²) in [6.45, 7) is 2.14. The van der Waals surface area contributed by atoms with Gasteiger partial charge in [0.25, 0.3) is 0 Å². The first-order valence-electron chi connectivity index (χ1n) is 9.87. The molecule has 0 aliphatic carbocycles. The fraction of sp³-hybridized carbons (Fsp3) is 0.636. The maximum atomic E-state index is 11.7. The third kappa shape index (κ3) is 13.3. The van der Waals surface area contributed by atoms with Crippen molar-refractivity contribution in [2.24, 2.45) is 0 Å². The summed E-state index contributed by atoms with van der Waals surface area (Å²) in [6.07, 6.45) is 12.5. The number of rotatable bonds is 15. The second kappa shape index (κ2) is 14.7. The van der Waals surface area contributed by atoms with Crippen LogP contribution in [0.1, 0.15) is 83.1 Å². The molecule has 0 heterocycles. The van der Waals surface area contributed by atoms with Crippen LogP contribution in [0.25, 0.3) is 0 Å². The average Bonchev–Trinajstić information content (AvgIpc) is 2.60. The van der Waals surface area contributed by atoms with Gasteiger partial charge in [0.05, 0.1) is 6.61 Å². The van der Waals surface area contributed by atoms with Crippen LogP contribution in [0.4, 0.5) is 0 Å². The van der Waals surface area contributed by atoms with E-state index in [1.165, 1.54) is 44.1 Å². The minimum absolute atomic E-state index is 0.0681. The molecule has 1 rings (SSSR count). The number of benzene rings is 1. The zero-order valence-electron chi connectivity index (χ0n) is 15.8. The Hall–Kier alpha value is -1.64. The standard InChI is InChI=1S/C22H34O3/c1-20(23)14-10-7-5-3-2-4-6-8-13-17-22(24)25-19-18-21-15-11-9-12-16-21/h9,11-12,15-16H,2-8,10,13-14,17-19H2,1H3. The van der Waals surface area contributed by atoms with Gasteiger partial charge in [0, 0.05) is 19.3 Å². The Bertz CT molecular complexity index is 467. The van der Waals surface area contributed by atoms with E-state index in [1.807, 2.05) is 18.2 Å². The van der Waals surface area contributed by atoms with Crippen LogP contribution >= 0.6 is 0 Å². The number of unbranched alkanes of at least 4 members (excludes halogenated alkanes) is 8. The summed E-state index contributed by atoms with van der Waals surface area (Å²) in [5, 5.41) is 0. The first kappa shape index (κ1) is 21.4. The molecule has 0 aliphatic rings. The lowest BCUT2D eigenvalue weighted by Gasteiger charge is -2.05. The van der Waals surface area contributed by atoms with Crippen molar-refractivity contribution in [2.75, 3.05) is 6.61 Å². The van der Waals surface area contributed by atoms with Crippen LogP contribution in [-0.4, -0.2) is 18.4 Å². The van der Waals surface area contributed by atoms with Crippen LogP contribution in [0.3, 0.4) is 0 Å². The molecule has 0 amide bonds. The van der Waals surface area contributed by atoms with Gasteiger partial charge in [-0.15, -0.1) is 0 Å². The highest BCUT2D eigenvalue weighted by Crippen LogP contribution is 2.12. The molecule has 0 aromatic heterocycles. The zero-order valence-corrected chi connectivity index (χ0v) is 15.8. The summed E-state index contributed by atoms with van der Waals surface area (Å²) in [7, 11) is 0. The molecule has 1 aromatic carbocycles. The van der Waals surface area contributed by atoms with E-state index in [2.05, 4.69) is 12.1 Å². The molecule has 0 aliphatic heterocycles. The smallest absolute Gasteiger partial charge is 0.305 e. The molecule has 0 atom stereocenters. The highest BCUT2D eigenvalue weighted by atomic mass is 16.5. The van der Waals surface area contributed by atoms with E-state index in [1.54, 1.807) is 6.92 Å². The molecular formula is C22H34O3. The Balaban J connectivity index is 1.83. The molecular weight excluding hydrogens is 312 g/mol. The van der Waals surface area contributed by atoms with Crippen molar-refractivity contribution >= 4 is 11.8 Å². The van der Waals surface area contributed by atoms with Gasteiger partial charge in [-0.1, -0.05) is 75.3 Å². The molecule has 0 spiro atoms. The van der Waals surface area contributed by atoms with Gasteiger partial charge in [-0.25, -0.2) is 0 Å². The first-order valence-corrected chi connectivity index (χ1v) is 9.87. The fourth-order valence-corrected chi connectivity index (χ4v) is 2.88. The highest BCUT2D eigenvalue weighted by molar-refractivity contribution is 5.75. The third-order valence-corrected chi connectivity index (χ3v) is 4.41. The van der Waals surface area contributed by atoms with E-state index in [9.17, 15) is 9.59 Å². The molecule has 0 saturated carbocycles. The van der Waals surface area contributed by atoms with Crippen LogP contribution in [0, 0.1) is 0 Å². The number of hydrogen-bond donors (Lipinski definition) is 0. The number of carbonyl (C=O) groups is 2. The van der Waals surface area contributed by atoms with Gasteiger partial charge in [0.15, 0.2) is 0 Å². The van der Waals surface area contributed by atoms with Gasteiger partial charge >= 0.3 is 5.97 Å². The monoisotopic (exact) mass is 346 g/mol. The van der Waals surface area contributed by atoms with Crippen molar-refractivity contribution in [3.8, 4) is 0 Å². The number of esters is 1. The predicted molar refractivity (Wildman–Crippen MR) is 103 cm³/mol. The molecule has 0 unspecified atom stereocenters. The molecule has 0 radical (unpaired) electrons. The van der Waals surface area contributed by atoms with Crippen molar-refractivity contribution in [2.45, 2.75) is 84.0 Å². The molecule has 3 nitrogen and oxygen atoms in total. The van der Waals surface area contributed by atoms with Crippen molar-refractivity contribution in [3.63, 3.8) is 0 Å². The third-order valence-electron chi connectivity index (χ3n) is 4.41. The molecule has 1 aromatic rings. The van der Waals surface area contributed by atoms with Crippen molar-refractivity contribution in [1.82, 2.24) is 0 Å². The first-order chi connectivity index (χ1) is 12.2. The maximum Gasteiger partial charge on any atom is 0.305 e. The molecule has 0 bridgehead atoms. The fourth-order valence-electron chi connectivity index (χ4n) is 2.88. The van der Waals surface area contributed by atoms with E-state index in [-0.39, 0.29) is 5.97 Å². The SMILES string of the molecule is CC(=O)CCCCCCCCCCCC(=O)OCCc1ccccc1. The molecule has 0 N–H and O–H groups in total. The molecule has 0 saturated heterocycles. The van der Waals surface area contributed by atoms with E-state index in [0.29, 0.717) is 18.8 Å². The summed E-state index contributed by atoms with van der Waals surface area (Å²) >= 11 is 0. The van der Waals surface area contributed by atoms with Gasteiger partial charge in [0.2, 0.25) is 0 Å². The summed E-state index contributed by atoms with van der Waals surface area (Å²) in [4.78, 5) is 22.5. The second-order valence-electron chi connectivity index (χ2n) is 6.84. The number of ether oxygens (including phenoxy) is 1. The number of Topliss-reactive ketones (excluding diaryl/α,β-unsaturated/α-hetero) is 1. The van der Waals surface area contributed by atoms with Gasteiger partial charge in [-0.3, -0.25) is 4.79 Å². The zero-order chi connectivity index (χ0) is 18.2. The number of ketones is 1. The Morgan fingerprint density at radius 2 is 1.28 bits per heavy atom. The summed E-state index contributed by atoms with van der Waals surface area (Å²) in [5.74, 6) is 0.236. The van der Waals surface area contributed by atoms with E-state index in [4.69, 9.17) is 4.74 Å². The Labute approximate surface area is 153 Å². The Morgan fingerprint density at radius 3 is 1.84 bits per heavy atom. The summed E-state index contributed by atoms with van der Waals surface area (Å²) in [6, 6.07) is 10.1. The lowest BCUT2D eigenvalue weighted by Crippen LogP contribution is -2.07. The van der Waals surface area contributed by atoms with Gasteiger partial charge in [-0.2, -0.15) is 0 Å². The van der Waals surface area contributed by atoms with Gasteiger partial charge in [0.1, 0.15) is 5.78 Å². The Kier molecular flexibility index (Phi) is 12.6. The number of carbonyl (C=O) groups excluding carboxylic acids is 2. The summed E-state index contributed by atoms with van der Waals surface area (Å²) < 4.78 is 5.28. The molecule has 0 fully saturated rings. The van der Waals surface area contributed by atoms with Gasteiger partial charge in [-0.05, 0) is 25.3 Å². The van der Waals surface area contributed by atoms with E-state index in [0.717, 1.165) is 32.1 Å². The van der Waals surface area contributed by atoms with Crippen LogP contribution in [-0.2, 0) is 20.7 Å². The van der Waals surface area contributed by atoms with E-state index < -0.39 is 0 Å². The lowest BCUT2D eigenvalue weighted by atomic mass is 10.1. The number of hydrogen-bond acceptors (Lipinski definition) is 3. The second-order valence-corrected chi connectivity index (χ2v) is 6.84. The lowest BCUT2D eigenvalue weighted by molar-refractivity contribution is -0.143. The van der Waals surface area contributed by atoms with Crippen LogP contribution in [0.2, 0.25) is 0 Å². The minimum atomic E-state index is -0.0681. The maximum absolute atomic E-state index is 11.7. The van der Waals surface area contributed by atoms with Crippen molar-refractivity contribution in [3.05, 3.63) is 35.9 Å². The van der Waals surface area contributed by atoms with Gasteiger partial charge < -0.3 is 9.53 Å². The summed E-state index contributed by atoms with van der Waals surface area (Å²) in [5.41, 5.74) is 1.21. The van der Waals surface area contributed by atoms with Crippen LogP contribution in [0.15, 0.2) is 30.3 Å². The molecule has 25 heavy (non-hydrogen) atoms. The highest BCUT2D eigenvalue weighted by Gasteiger charge is 2.03. The minimum Gasteiger partial charge on any atom is -0.465 e. The molecule has 3 heteroatoms. The predicted octanol–water partition coefficient (Wildman–Crippen LogP) is 5.65. The average molecular weight is 347 g/mol. The Morgan fingerprint density at radius 1 is 0.760 bits per heavy atom. The largest absolute Gasteiger partial charge is 0.465 e. The topological polar surface area (TPSA) is 43.4 Å². The normalized spacial score (nSPS) is 10.6. The van der Waals surface area contributed by atoms with Crippen molar-refractivity contribution < 1.29 is 14.3 Å². The molecule has 140 valence electrons. The van der Waals surface area contributed by atoms with Crippen molar-refractivity contribution in [1.29, 1.82) is 0 Å².